The third-order valence-corrected chi connectivity index (χ3v) is 7.29. The molecule has 2 unspecified atom stereocenters. The monoisotopic (exact) mass is 538 g/mol. The van der Waals surface area contributed by atoms with Crippen LogP contribution in [-0.2, 0) is 19.7 Å². The van der Waals surface area contributed by atoms with Gasteiger partial charge >= 0.3 is 5.97 Å². The fourth-order valence-electron chi connectivity index (χ4n) is 5.52. The Morgan fingerprint density at radius 1 is 1.03 bits per heavy atom. The molecule has 1 spiro atoms. The molecule has 0 bridgehead atoms. The first-order valence-electron chi connectivity index (χ1n) is 11.8. The molecule has 1 fully saturated rings. The number of nitrogens with one attached hydrogen (secondary N) is 2. The van der Waals surface area contributed by atoms with E-state index in [1.807, 2.05) is 20.8 Å². The van der Waals surface area contributed by atoms with Gasteiger partial charge < -0.3 is 10.1 Å². The summed E-state index contributed by atoms with van der Waals surface area (Å²) in [6, 6.07) is 5.63. The van der Waals surface area contributed by atoms with Crippen LogP contribution in [0, 0.1) is 17.0 Å². The normalized spacial score (nSPS) is 25.7. The van der Waals surface area contributed by atoms with Gasteiger partial charge in [-0.1, -0.05) is 62.2 Å². The van der Waals surface area contributed by atoms with Crippen molar-refractivity contribution in [1.29, 1.82) is 0 Å². The minimum atomic E-state index is -1.54. The third kappa shape index (κ3) is 4.39. The minimum absolute atomic E-state index is 0.0644. The summed E-state index contributed by atoms with van der Waals surface area (Å²) in [6.07, 6.45) is 0.419. The molecule has 2 aliphatic rings. The summed E-state index contributed by atoms with van der Waals surface area (Å²) in [4.78, 5) is 27.5. The van der Waals surface area contributed by atoms with Crippen molar-refractivity contribution in [2.45, 2.75) is 77.0 Å². The first-order chi connectivity index (χ1) is 16.6. The first kappa shape index (κ1) is 26.8. The van der Waals surface area contributed by atoms with Crippen LogP contribution in [0.4, 0.5) is 14.5 Å². The van der Waals surface area contributed by atoms with Crippen molar-refractivity contribution in [2.24, 2.45) is 5.41 Å². The SMILES string of the molecule is CC(C)(C)C[C@@H]1NC(C(=O)OC(C)(C)C)[C@@H](c2cccc(Cl)c2F)C12C(=O)Nc1c2ccc(Cl)c1F. The van der Waals surface area contributed by atoms with Crippen LogP contribution in [0.5, 0.6) is 0 Å². The molecule has 0 saturated carbocycles. The van der Waals surface area contributed by atoms with Crippen LogP contribution in [0.25, 0.3) is 0 Å². The van der Waals surface area contributed by atoms with Gasteiger partial charge in [0, 0.05) is 12.0 Å². The van der Waals surface area contributed by atoms with E-state index in [4.69, 9.17) is 27.9 Å². The number of amides is 1. The van der Waals surface area contributed by atoms with E-state index in [9.17, 15) is 9.59 Å². The maximum absolute atomic E-state index is 15.6. The van der Waals surface area contributed by atoms with Gasteiger partial charge in [0.2, 0.25) is 5.91 Å². The predicted molar refractivity (Wildman–Crippen MR) is 136 cm³/mol. The van der Waals surface area contributed by atoms with Gasteiger partial charge in [0.1, 0.15) is 22.9 Å². The number of ether oxygens (including phenoxy) is 1. The van der Waals surface area contributed by atoms with Gasteiger partial charge in [-0.3, -0.25) is 14.9 Å². The van der Waals surface area contributed by atoms with Gasteiger partial charge in [0.15, 0.2) is 5.82 Å². The van der Waals surface area contributed by atoms with Gasteiger partial charge in [0.05, 0.1) is 15.7 Å². The fraction of sp³-hybridized carbons (Fsp3) is 0.481. The summed E-state index contributed by atoms with van der Waals surface area (Å²) in [5.74, 6) is -3.79. The zero-order valence-corrected chi connectivity index (χ0v) is 22.6. The first-order valence-corrected chi connectivity index (χ1v) is 12.6. The number of halogens is 4. The Labute approximate surface area is 219 Å². The second kappa shape index (κ2) is 8.96. The molecule has 9 heteroatoms. The molecule has 2 N–H and O–H groups in total. The van der Waals surface area contributed by atoms with E-state index in [-0.39, 0.29) is 26.7 Å². The molecule has 1 saturated heterocycles. The highest BCUT2D eigenvalue weighted by atomic mass is 35.5. The maximum Gasteiger partial charge on any atom is 0.324 e. The van der Waals surface area contributed by atoms with E-state index in [0.29, 0.717) is 12.0 Å². The van der Waals surface area contributed by atoms with Gasteiger partial charge in [0.25, 0.3) is 0 Å². The van der Waals surface area contributed by atoms with E-state index in [0.717, 1.165) is 0 Å². The summed E-state index contributed by atoms with van der Waals surface area (Å²) in [5.41, 5.74) is -2.36. The van der Waals surface area contributed by atoms with Crippen molar-refractivity contribution < 1.29 is 23.1 Å². The number of benzene rings is 2. The number of hydrogen-bond acceptors (Lipinski definition) is 4. The Morgan fingerprint density at radius 3 is 2.28 bits per heavy atom. The van der Waals surface area contributed by atoms with Crippen molar-refractivity contribution in [3.63, 3.8) is 0 Å². The summed E-state index contributed by atoms with van der Waals surface area (Å²) >= 11 is 12.2. The summed E-state index contributed by atoms with van der Waals surface area (Å²) < 4.78 is 36.5. The molecule has 4 atom stereocenters. The smallest absolute Gasteiger partial charge is 0.324 e. The zero-order chi connectivity index (χ0) is 26.8. The molecule has 2 aromatic rings. The molecular formula is C27H30Cl2F2N2O3. The largest absolute Gasteiger partial charge is 0.459 e. The Bertz CT molecular complexity index is 1240. The number of esters is 1. The van der Waals surface area contributed by atoms with Crippen LogP contribution < -0.4 is 10.6 Å². The van der Waals surface area contributed by atoms with E-state index in [2.05, 4.69) is 10.6 Å². The molecule has 2 aromatic carbocycles. The standard InChI is InChI=1S/C27H30Cl2F2N2O3/c1-25(2,3)12-17-27(14-10-11-16(29)20(31)21(14)33-24(27)35)18(13-8-7-9-15(28)19(13)30)22(32-17)23(34)36-26(4,5)6/h7-11,17-18,22,32H,12H2,1-6H3,(H,33,35)/t17-,18+,22?,27?/m0/s1. The van der Waals surface area contributed by atoms with Crippen LogP contribution >= 0.6 is 23.2 Å². The average Bonchev–Trinajstić information content (AvgIpc) is 3.22. The molecule has 36 heavy (non-hydrogen) atoms. The Kier molecular flexibility index (Phi) is 6.68. The van der Waals surface area contributed by atoms with Gasteiger partial charge in [-0.05, 0) is 55.9 Å². The molecule has 2 heterocycles. The quantitative estimate of drug-likeness (QED) is 0.446. The number of carbonyl (C=O) groups is 2. The van der Waals surface area contributed by atoms with E-state index >= 15 is 8.78 Å². The molecule has 0 aromatic heterocycles. The molecule has 194 valence electrons. The number of carbonyl (C=O) groups excluding carboxylic acids is 2. The minimum Gasteiger partial charge on any atom is -0.459 e. The van der Waals surface area contributed by atoms with Crippen LogP contribution in [0.1, 0.15) is 65.0 Å². The molecule has 2 aliphatic heterocycles. The molecule has 0 aliphatic carbocycles. The third-order valence-electron chi connectivity index (χ3n) is 6.70. The van der Waals surface area contributed by atoms with E-state index < -0.39 is 52.5 Å². The van der Waals surface area contributed by atoms with Gasteiger partial charge in [-0.25, -0.2) is 8.78 Å². The Hall–Kier alpha value is -2.22. The van der Waals surface area contributed by atoms with Crippen LogP contribution in [0.15, 0.2) is 30.3 Å². The topological polar surface area (TPSA) is 67.4 Å². The number of fused-ring (bicyclic) bond motifs is 2. The number of anilines is 1. The molecule has 4 rings (SSSR count). The van der Waals surface area contributed by atoms with Crippen molar-refractivity contribution in [2.75, 3.05) is 5.32 Å². The second-order valence-corrected chi connectivity index (χ2v) is 12.5. The van der Waals surface area contributed by atoms with Crippen LogP contribution in [0.3, 0.4) is 0 Å². The molecular weight excluding hydrogens is 509 g/mol. The van der Waals surface area contributed by atoms with E-state index in [1.54, 1.807) is 32.9 Å². The molecule has 0 radical (unpaired) electrons. The lowest BCUT2D eigenvalue weighted by molar-refractivity contribution is -0.157. The number of rotatable bonds is 3. The van der Waals surface area contributed by atoms with Crippen molar-refractivity contribution in [3.8, 4) is 0 Å². The van der Waals surface area contributed by atoms with Crippen LogP contribution in [-0.4, -0.2) is 29.6 Å². The highest BCUT2D eigenvalue weighted by Crippen LogP contribution is 2.58. The highest BCUT2D eigenvalue weighted by Gasteiger charge is 2.67. The van der Waals surface area contributed by atoms with Crippen LogP contribution in [0.2, 0.25) is 10.0 Å². The maximum atomic E-state index is 15.6. The van der Waals surface area contributed by atoms with Gasteiger partial charge in [-0.15, -0.1) is 0 Å². The fourth-order valence-corrected chi connectivity index (χ4v) is 5.86. The second-order valence-electron chi connectivity index (χ2n) is 11.7. The summed E-state index contributed by atoms with van der Waals surface area (Å²) in [5, 5.41) is 5.65. The Balaban J connectivity index is 2.04. The molecule has 5 nitrogen and oxygen atoms in total. The van der Waals surface area contributed by atoms with Crippen molar-refractivity contribution in [3.05, 3.63) is 63.1 Å². The summed E-state index contributed by atoms with van der Waals surface area (Å²) in [7, 11) is 0. The van der Waals surface area contributed by atoms with Crippen molar-refractivity contribution in [1.82, 2.24) is 5.32 Å². The Morgan fingerprint density at radius 2 is 1.67 bits per heavy atom. The molecule has 1 amide bonds. The lowest BCUT2D eigenvalue weighted by Crippen LogP contribution is -2.49. The number of hydrogen-bond donors (Lipinski definition) is 2. The van der Waals surface area contributed by atoms with Gasteiger partial charge in [-0.2, -0.15) is 0 Å². The highest BCUT2D eigenvalue weighted by molar-refractivity contribution is 6.31. The lowest BCUT2D eigenvalue weighted by atomic mass is 9.62. The predicted octanol–water partition coefficient (Wildman–Crippen LogP) is 6.36. The zero-order valence-electron chi connectivity index (χ0n) is 21.1. The average molecular weight is 539 g/mol. The lowest BCUT2D eigenvalue weighted by Gasteiger charge is -2.37. The van der Waals surface area contributed by atoms with E-state index in [1.165, 1.54) is 18.2 Å². The summed E-state index contributed by atoms with van der Waals surface area (Å²) in [6.45, 7) is 11.2. The van der Waals surface area contributed by atoms with Crippen molar-refractivity contribution >= 4 is 40.8 Å².